The fourth-order valence-corrected chi connectivity index (χ4v) is 1.82. The van der Waals surface area contributed by atoms with Crippen molar-refractivity contribution in [3.05, 3.63) is 11.1 Å². The van der Waals surface area contributed by atoms with Gasteiger partial charge in [-0.05, 0) is 6.42 Å². The second kappa shape index (κ2) is 6.43. The monoisotopic (exact) mass is 257 g/mol. The summed E-state index contributed by atoms with van der Waals surface area (Å²) >= 11 is 1.20. The molecule has 17 heavy (non-hydrogen) atoms. The first-order valence-corrected chi connectivity index (χ1v) is 5.94. The molecule has 7 heteroatoms. The van der Waals surface area contributed by atoms with Crippen LogP contribution in [0.15, 0.2) is 5.38 Å². The third kappa shape index (κ3) is 4.22. The van der Waals surface area contributed by atoms with Crippen molar-refractivity contribution in [3.63, 3.8) is 0 Å². The van der Waals surface area contributed by atoms with Crippen molar-refractivity contribution >= 4 is 28.2 Å². The highest BCUT2D eigenvalue weighted by Gasteiger charge is 2.15. The number of hydrogen-bond acceptors (Lipinski definition) is 6. The Hall–Kier alpha value is -1.31. The highest BCUT2D eigenvalue weighted by Crippen LogP contribution is 2.15. The molecule has 0 fully saturated rings. The van der Waals surface area contributed by atoms with Crippen LogP contribution in [0.2, 0.25) is 0 Å². The first-order chi connectivity index (χ1) is 8.04. The minimum atomic E-state index is -0.639. The van der Waals surface area contributed by atoms with Gasteiger partial charge < -0.3 is 15.8 Å². The lowest BCUT2D eigenvalue weighted by molar-refractivity contribution is -0.117. The van der Waals surface area contributed by atoms with Gasteiger partial charge in [-0.1, -0.05) is 0 Å². The van der Waals surface area contributed by atoms with Gasteiger partial charge in [0, 0.05) is 26.0 Å². The zero-order valence-electron chi connectivity index (χ0n) is 9.73. The van der Waals surface area contributed by atoms with E-state index in [2.05, 4.69) is 10.3 Å². The Balaban J connectivity index is 2.52. The van der Waals surface area contributed by atoms with Crippen LogP contribution in [0.3, 0.4) is 0 Å². The normalized spacial score (nSPS) is 12.2. The smallest absolute Gasteiger partial charge is 0.243 e. The van der Waals surface area contributed by atoms with Gasteiger partial charge >= 0.3 is 0 Å². The van der Waals surface area contributed by atoms with Crippen LogP contribution in [0.4, 0.5) is 5.13 Å². The molecule has 6 nitrogen and oxygen atoms in total. The molecule has 3 N–H and O–H groups in total. The van der Waals surface area contributed by atoms with E-state index in [1.54, 1.807) is 12.5 Å². The summed E-state index contributed by atoms with van der Waals surface area (Å²) in [7, 11) is 1.55. The number of ketones is 1. The number of Topliss-reactive ketones (excluding diaryl/α,β-unsaturated/α-hetero) is 1. The standard InChI is InChI=1S/C10H15N3O3S/c1-6(14)8-5-17-10(12-8)13-9(15)7(11)3-4-16-2/h5,7H,3-4,11H2,1-2H3,(H,12,13,15). The molecule has 1 atom stereocenters. The van der Waals surface area contributed by atoms with E-state index in [9.17, 15) is 9.59 Å². The lowest BCUT2D eigenvalue weighted by Crippen LogP contribution is -2.36. The maximum atomic E-state index is 11.6. The molecule has 0 aliphatic rings. The van der Waals surface area contributed by atoms with Crippen LogP contribution in [0.1, 0.15) is 23.8 Å². The number of amides is 1. The first kappa shape index (κ1) is 13.8. The van der Waals surface area contributed by atoms with Gasteiger partial charge in [0.25, 0.3) is 0 Å². The van der Waals surface area contributed by atoms with E-state index in [4.69, 9.17) is 10.5 Å². The summed E-state index contributed by atoms with van der Waals surface area (Å²) in [5.41, 5.74) is 5.98. The van der Waals surface area contributed by atoms with Crippen molar-refractivity contribution in [2.75, 3.05) is 19.0 Å². The molecule has 0 aliphatic carbocycles. The number of aromatic nitrogens is 1. The minimum Gasteiger partial charge on any atom is -0.385 e. The lowest BCUT2D eigenvalue weighted by atomic mass is 10.2. The summed E-state index contributed by atoms with van der Waals surface area (Å²) in [6.45, 7) is 1.84. The van der Waals surface area contributed by atoms with Crippen molar-refractivity contribution in [1.29, 1.82) is 0 Å². The number of methoxy groups -OCH3 is 1. The maximum absolute atomic E-state index is 11.6. The van der Waals surface area contributed by atoms with Crippen LogP contribution in [0.25, 0.3) is 0 Å². The van der Waals surface area contributed by atoms with Crippen molar-refractivity contribution in [2.45, 2.75) is 19.4 Å². The summed E-state index contributed by atoms with van der Waals surface area (Å²) in [4.78, 5) is 26.6. The van der Waals surface area contributed by atoms with Gasteiger partial charge in [-0.2, -0.15) is 0 Å². The Morgan fingerprint density at radius 3 is 2.88 bits per heavy atom. The molecule has 1 rings (SSSR count). The number of ether oxygens (including phenoxy) is 1. The molecule has 0 radical (unpaired) electrons. The number of anilines is 1. The van der Waals surface area contributed by atoms with Crippen LogP contribution in [-0.4, -0.2) is 36.4 Å². The molecule has 94 valence electrons. The van der Waals surface area contributed by atoms with Crippen LogP contribution in [-0.2, 0) is 9.53 Å². The summed E-state index contributed by atoms with van der Waals surface area (Å²) in [5.74, 6) is -0.461. The lowest BCUT2D eigenvalue weighted by Gasteiger charge is -2.09. The van der Waals surface area contributed by atoms with Crippen molar-refractivity contribution in [1.82, 2.24) is 4.98 Å². The Morgan fingerprint density at radius 2 is 2.35 bits per heavy atom. The minimum absolute atomic E-state index is 0.134. The zero-order chi connectivity index (χ0) is 12.8. The van der Waals surface area contributed by atoms with Crippen LogP contribution in [0, 0.1) is 0 Å². The number of nitrogens with two attached hydrogens (primary N) is 1. The highest BCUT2D eigenvalue weighted by molar-refractivity contribution is 7.14. The van der Waals surface area contributed by atoms with Gasteiger partial charge in [-0.15, -0.1) is 11.3 Å². The molecule has 0 bridgehead atoms. The van der Waals surface area contributed by atoms with Crippen LogP contribution >= 0.6 is 11.3 Å². The average molecular weight is 257 g/mol. The summed E-state index contributed by atoms with van der Waals surface area (Å²) in [6, 6.07) is -0.639. The largest absolute Gasteiger partial charge is 0.385 e. The maximum Gasteiger partial charge on any atom is 0.243 e. The van der Waals surface area contributed by atoms with Crippen LogP contribution < -0.4 is 11.1 Å². The summed E-state index contributed by atoms with van der Waals surface area (Å²) in [6.07, 6.45) is 0.438. The molecule has 0 saturated heterocycles. The number of carbonyl (C=O) groups is 2. The highest BCUT2D eigenvalue weighted by atomic mass is 32.1. The summed E-state index contributed by atoms with van der Waals surface area (Å²) < 4.78 is 4.83. The quantitative estimate of drug-likeness (QED) is 0.730. The van der Waals surface area contributed by atoms with Crippen molar-refractivity contribution in [2.24, 2.45) is 5.73 Å². The molecule has 0 aromatic carbocycles. The van der Waals surface area contributed by atoms with Crippen molar-refractivity contribution in [3.8, 4) is 0 Å². The van der Waals surface area contributed by atoms with Gasteiger partial charge in [-0.25, -0.2) is 4.98 Å². The Labute approximate surface area is 103 Å². The van der Waals surface area contributed by atoms with Gasteiger partial charge in [0.1, 0.15) is 5.69 Å². The number of hydrogen-bond donors (Lipinski definition) is 2. The molecule has 0 spiro atoms. The number of nitrogens with one attached hydrogen (secondary N) is 1. The van der Waals surface area contributed by atoms with E-state index >= 15 is 0 Å². The third-order valence-corrected chi connectivity index (χ3v) is 2.82. The Bertz CT molecular complexity index is 405. The van der Waals surface area contributed by atoms with Gasteiger partial charge in [0.05, 0.1) is 6.04 Å². The Morgan fingerprint density at radius 1 is 1.65 bits per heavy atom. The van der Waals surface area contributed by atoms with E-state index in [0.717, 1.165) is 0 Å². The fraction of sp³-hybridized carbons (Fsp3) is 0.500. The van der Waals surface area contributed by atoms with E-state index in [0.29, 0.717) is 23.9 Å². The van der Waals surface area contributed by atoms with Crippen molar-refractivity contribution < 1.29 is 14.3 Å². The van der Waals surface area contributed by atoms with Crippen LogP contribution in [0.5, 0.6) is 0 Å². The molecular weight excluding hydrogens is 242 g/mol. The second-order valence-electron chi connectivity index (χ2n) is 3.47. The molecule has 0 aliphatic heterocycles. The topological polar surface area (TPSA) is 94.3 Å². The molecular formula is C10H15N3O3S. The Kier molecular flexibility index (Phi) is 5.20. The zero-order valence-corrected chi connectivity index (χ0v) is 10.5. The molecule has 1 heterocycles. The molecule has 1 aromatic rings. The molecule has 0 saturated carbocycles. The predicted molar refractivity (Wildman–Crippen MR) is 65.2 cm³/mol. The van der Waals surface area contributed by atoms with E-state index < -0.39 is 6.04 Å². The van der Waals surface area contributed by atoms with Gasteiger partial charge in [0.2, 0.25) is 5.91 Å². The third-order valence-electron chi connectivity index (χ3n) is 2.06. The number of thiazole rings is 1. The molecule has 1 aromatic heterocycles. The molecule has 1 unspecified atom stereocenters. The van der Waals surface area contributed by atoms with Gasteiger partial charge in [0.15, 0.2) is 10.9 Å². The van der Waals surface area contributed by atoms with E-state index in [1.807, 2.05) is 0 Å². The SMILES string of the molecule is COCCC(N)C(=O)Nc1nc(C(C)=O)cs1. The molecule has 1 amide bonds. The number of carbonyl (C=O) groups excluding carboxylic acids is 2. The predicted octanol–water partition coefficient (Wildman–Crippen LogP) is 0.648. The fourth-order valence-electron chi connectivity index (χ4n) is 1.07. The number of nitrogens with zero attached hydrogens (tertiary/aromatic N) is 1. The number of rotatable bonds is 6. The van der Waals surface area contributed by atoms with E-state index in [-0.39, 0.29) is 11.7 Å². The second-order valence-corrected chi connectivity index (χ2v) is 4.33. The summed E-state index contributed by atoms with van der Waals surface area (Å²) in [5, 5.41) is 4.54. The first-order valence-electron chi connectivity index (χ1n) is 5.06. The average Bonchev–Trinajstić information content (AvgIpc) is 2.74. The van der Waals surface area contributed by atoms with E-state index in [1.165, 1.54) is 18.3 Å². The van der Waals surface area contributed by atoms with Gasteiger partial charge in [-0.3, -0.25) is 9.59 Å².